The zero-order valence-corrected chi connectivity index (χ0v) is 18.3. The molecule has 1 atom stereocenters. The second-order valence-electron chi connectivity index (χ2n) is 6.42. The van der Waals surface area contributed by atoms with Crippen LogP contribution in [0.3, 0.4) is 0 Å². The van der Waals surface area contributed by atoms with Crippen molar-refractivity contribution in [3.05, 3.63) is 70.2 Å². The molecule has 2 N–H and O–H groups in total. The zero-order chi connectivity index (χ0) is 20.8. The van der Waals surface area contributed by atoms with Crippen molar-refractivity contribution in [1.29, 1.82) is 0 Å². The van der Waals surface area contributed by atoms with Crippen LogP contribution in [-0.4, -0.2) is 22.0 Å². The average molecular weight is 446 g/mol. The topological polar surface area (TPSA) is 71.1 Å². The van der Waals surface area contributed by atoms with E-state index in [1.54, 1.807) is 12.1 Å². The minimum atomic E-state index is -0.306. The Labute approximate surface area is 182 Å². The predicted molar refractivity (Wildman–Crippen MR) is 121 cm³/mol. The van der Waals surface area contributed by atoms with Crippen LogP contribution < -0.4 is 10.6 Å². The number of aryl methyl sites for hydroxylation is 1. The Kier molecular flexibility index (Phi) is 7.30. The van der Waals surface area contributed by atoms with E-state index in [0.29, 0.717) is 15.8 Å². The maximum absolute atomic E-state index is 12.4. The normalized spacial score (nSPS) is 11.7. The molecule has 1 unspecified atom stereocenters. The highest BCUT2D eigenvalue weighted by Gasteiger charge is 2.16. The highest BCUT2D eigenvalue weighted by atomic mass is 35.5. The summed E-state index contributed by atoms with van der Waals surface area (Å²) in [5.41, 5.74) is 2.46. The number of nitrogens with zero attached hydrogens (tertiary/aromatic N) is 1. The van der Waals surface area contributed by atoms with Crippen molar-refractivity contribution in [3.63, 3.8) is 0 Å². The summed E-state index contributed by atoms with van der Waals surface area (Å²) in [6, 6.07) is 14.7. The van der Waals surface area contributed by atoms with Gasteiger partial charge in [-0.25, -0.2) is 4.98 Å². The molecule has 0 spiro atoms. The molecule has 0 aliphatic carbocycles. The molecule has 0 aliphatic rings. The van der Waals surface area contributed by atoms with Crippen LogP contribution in [0.2, 0.25) is 5.02 Å². The van der Waals surface area contributed by atoms with E-state index in [0.717, 1.165) is 16.2 Å². The Morgan fingerprint density at radius 3 is 2.62 bits per heavy atom. The summed E-state index contributed by atoms with van der Waals surface area (Å²) in [5.74, 6) is -0.221. The van der Waals surface area contributed by atoms with Gasteiger partial charge in [0, 0.05) is 21.0 Å². The summed E-state index contributed by atoms with van der Waals surface area (Å²) in [6.45, 7) is 3.73. The zero-order valence-electron chi connectivity index (χ0n) is 15.9. The predicted octanol–water partition coefficient (Wildman–Crippen LogP) is 5.41. The van der Waals surface area contributed by atoms with Gasteiger partial charge in [0.15, 0.2) is 5.13 Å². The number of rotatable bonds is 7. The van der Waals surface area contributed by atoms with E-state index in [2.05, 4.69) is 15.6 Å². The van der Waals surface area contributed by atoms with Gasteiger partial charge >= 0.3 is 0 Å². The molecule has 3 rings (SSSR count). The van der Waals surface area contributed by atoms with E-state index in [-0.39, 0.29) is 23.5 Å². The van der Waals surface area contributed by atoms with Crippen molar-refractivity contribution in [2.45, 2.75) is 30.4 Å². The Morgan fingerprint density at radius 2 is 1.93 bits per heavy atom. The molecule has 2 aromatic carbocycles. The largest absolute Gasteiger partial charge is 0.326 e. The lowest BCUT2D eigenvalue weighted by Crippen LogP contribution is -2.22. The van der Waals surface area contributed by atoms with Crippen molar-refractivity contribution in [3.8, 4) is 0 Å². The van der Waals surface area contributed by atoms with Gasteiger partial charge in [-0.1, -0.05) is 29.8 Å². The maximum atomic E-state index is 12.4. The number of benzene rings is 2. The fraction of sp³-hybridized carbons (Fsp3) is 0.190. The van der Waals surface area contributed by atoms with E-state index in [1.165, 1.54) is 23.1 Å². The van der Waals surface area contributed by atoms with Crippen LogP contribution in [0.15, 0.2) is 58.8 Å². The number of thiazole rings is 1. The third kappa shape index (κ3) is 6.59. The third-order valence-corrected chi connectivity index (χ3v) is 6.15. The molecule has 0 radical (unpaired) electrons. The van der Waals surface area contributed by atoms with Crippen molar-refractivity contribution >= 4 is 57.3 Å². The number of amides is 2. The van der Waals surface area contributed by atoms with Gasteiger partial charge in [-0.15, -0.1) is 23.1 Å². The van der Waals surface area contributed by atoms with Crippen LogP contribution in [-0.2, 0) is 16.0 Å². The Morgan fingerprint density at radius 1 is 1.17 bits per heavy atom. The van der Waals surface area contributed by atoms with Gasteiger partial charge in [0.2, 0.25) is 11.8 Å². The first-order chi connectivity index (χ1) is 13.9. The SMILES string of the molecule is Cc1csc(NC(=O)C(C)Sc2cccc(NC(=O)Cc3ccc(Cl)cc3)c2)n1. The second-order valence-corrected chi connectivity index (χ2v) is 9.13. The van der Waals surface area contributed by atoms with Gasteiger partial charge < -0.3 is 10.6 Å². The van der Waals surface area contributed by atoms with Crippen molar-refractivity contribution in [1.82, 2.24) is 4.98 Å². The van der Waals surface area contributed by atoms with Gasteiger partial charge in [-0.2, -0.15) is 0 Å². The fourth-order valence-corrected chi connectivity index (χ4v) is 4.26. The first-order valence-corrected chi connectivity index (χ1v) is 11.1. The van der Waals surface area contributed by atoms with Crippen LogP contribution in [0.25, 0.3) is 0 Å². The molecule has 5 nitrogen and oxygen atoms in total. The summed E-state index contributed by atoms with van der Waals surface area (Å²) in [4.78, 5) is 29.8. The van der Waals surface area contributed by atoms with Crippen molar-refractivity contribution in [2.24, 2.45) is 0 Å². The molecule has 150 valence electrons. The molecule has 0 saturated heterocycles. The molecule has 8 heteroatoms. The molecule has 3 aromatic rings. The van der Waals surface area contributed by atoms with E-state index in [4.69, 9.17) is 11.6 Å². The maximum Gasteiger partial charge on any atom is 0.239 e. The average Bonchev–Trinajstić information content (AvgIpc) is 3.08. The minimum Gasteiger partial charge on any atom is -0.326 e. The molecule has 0 fully saturated rings. The molecular formula is C21H20ClN3O2S2. The molecule has 1 heterocycles. The van der Waals surface area contributed by atoms with Gasteiger partial charge in [-0.05, 0) is 49.7 Å². The first kappa shape index (κ1) is 21.4. The number of hydrogen-bond donors (Lipinski definition) is 2. The molecular weight excluding hydrogens is 426 g/mol. The number of anilines is 2. The number of halogens is 1. The highest BCUT2D eigenvalue weighted by Crippen LogP contribution is 2.27. The van der Waals surface area contributed by atoms with Crippen LogP contribution in [0, 0.1) is 6.92 Å². The fourth-order valence-electron chi connectivity index (χ4n) is 2.52. The molecule has 1 aromatic heterocycles. The van der Waals surface area contributed by atoms with Crippen LogP contribution in [0.5, 0.6) is 0 Å². The Hall–Kier alpha value is -2.35. The quantitative estimate of drug-likeness (QED) is 0.477. The Balaban J connectivity index is 1.56. The molecule has 0 saturated carbocycles. The van der Waals surface area contributed by atoms with Gasteiger partial charge in [0.05, 0.1) is 17.4 Å². The smallest absolute Gasteiger partial charge is 0.239 e. The lowest BCUT2D eigenvalue weighted by molar-refractivity contribution is -0.116. The van der Waals surface area contributed by atoms with Crippen molar-refractivity contribution in [2.75, 3.05) is 10.6 Å². The van der Waals surface area contributed by atoms with Gasteiger partial charge in [0.25, 0.3) is 0 Å². The molecule has 29 heavy (non-hydrogen) atoms. The van der Waals surface area contributed by atoms with E-state index in [1.807, 2.05) is 55.6 Å². The summed E-state index contributed by atoms with van der Waals surface area (Å²) >= 11 is 8.70. The Bertz CT molecular complexity index is 1010. The number of thioether (sulfide) groups is 1. The highest BCUT2D eigenvalue weighted by molar-refractivity contribution is 8.00. The number of aromatic nitrogens is 1. The third-order valence-electron chi connectivity index (χ3n) is 3.93. The number of hydrogen-bond acceptors (Lipinski definition) is 5. The molecule has 0 aliphatic heterocycles. The monoisotopic (exact) mass is 445 g/mol. The van der Waals surface area contributed by atoms with E-state index < -0.39 is 0 Å². The summed E-state index contributed by atoms with van der Waals surface area (Å²) < 4.78 is 0. The standard InChI is InChI=1S/C21H20ClN3O2S2/c1-13-12-28-21(23-13)25-20(27)14(2)29-18-5-3-4-17(11-18)24-19(26)10-15-6-8-16(22)9-7-15/h3-9,11-12,14H,10H2,1-2H3,(H,24,26)(H,23,25,27). The van der Waals surface area contributed by atoms with Crippen molar-refractivity contribution < 1.29 is 9.59 Å². The van der Waals surface area contributed by atoms with Crippen LogP contribution in [0.1, 0.15) is 18.2 Å². The first-order valence-electron chi connectivity index (χ1n) is 8.93. The molecule has 0 bridgehead atoms. The second kappa shape index (κ2) is 9.91. The summed E-state index contributed by atoms with van der Waals surface area (Å²) in [5, 5.41) is 8.55. The van der Waals surface area contributed by atoms with Gasteiger partial charge in [-0.3, -0.25) is 9.59 Å². The van der Waals surface area contributed by atoms with E-state index >= 15 is 0 Å². The number of nitrogens with one attached hydrogen (secondary N) is 2. The number of carbonyl (C=O) groups is 2. The number of carbonyl (C=O) groups excluding carboxylic acids is 2. The van der Waals surface area contributed by atoms with Crippen LogP contribution in [0.4, 0.5) is 10.8 Å². The van der Waals surface area contributed by atoms with E-state index in [9.17, 15) is 9.59 Å². The van der Waals surface area contributed by atoms with Gasteiger partial charge in [0.1, 0.15) is 0 Å². The lowest BCUT2D eigenvalue weighted by atomic mass is 10.1. The van der Waals surface area contributed by atoms with Crippen LogP contribution >= 0.6 is 34.7 Å². The summed E-state index contributed by atoms with van der Waals surface area (Å²) in [7, 11) is 0. The summed E-state index contributed by atoms with van der Waals surface area (Å²) in [6.07, 6.45) is 0.264. The minimum absolute atomic E-state index is 0.110. The lowest BCUT2D eigenvalue weighted by Gasteiger charge is -2.12. The molecule has 2 amide bonds.